The monoisotopic (exact) mass is 441 g/mol. The van der Waals surface area contributed by atoms with Crippen molar-refractivity contribution >= 4 is 27.4 Å². The average Bonchev–Trinajstić information content (AvgIpc) is 3.67. The van der Waals surface area contributed by atoms with Gasteiger partial charge in [0.1, 0.15) is 10.6 Å². The van der Waals surface area contributed by atoms with Crippen molar-refractivity contribution in [3.63, 3.8) is 0 Å². The Labute approximate surface area is 182 Å². The van der Waals surface area contributed by atoms with Crippen LogP contribution < -0.4 is 16.4 Å². The van der Waals surface area contributed by atoms with E-state index < -0.39 is 14.6 Å². The van der Waals surface area contributed by atoms with Crippen molar-refractivity contribution in [2.45, 2.75) is 67.4 Å². The summed E-state index contributed by atoms with van der Waals surface area (Å²) in [6.07, 6.45) is 6.43. The zero-order valence-electron chi connectivity index (χ0n) is 17.3. The predicted molar refractivity (Wildman–Crippen MR) is 119 cm³/mol. The van der Waals surface area contributed by atoms with Gasteiger partial charge >= 0.3 is 6.03 Å². The first kappa shape index (κ1) is 20.2. The van der Waals surface area contributed by atoms with Crippen LogP contribution in [0.2, 0.25) is 0 Å². The lowest BCUT2D eigenvalue weighted by Crippen LogP contribution is -2.37. The third-order valence-corrected chi connectivity index (χ3v) is 9.50. The van der Waals surface area contributed by atoms with Gasteiger partial charge in [-0.05, 0) is 62.8 Å². The van der Waals surface area contributed by atoms with Gasteiger partial charge in [-0.15, -0.1) is 0 Å². The molecule has 0 radical (unpaired) electrons. The Kier molecular flexibility index (Phi) is 4.88. The number of hydrogen-bond acceptors (Lipinski definition) is 6. The molecule has 2 amide bonds. The predicted octanol–water partition coefficient (Wildman–Crippen LogP) is 3.36. The molecule has 1 heterocycles. The van der Waals surface area contributed by atoms with E-state index in [9.17, 15) is 13.2 Å². The number of hydrogen-bond donors (Lipinski definition) is 3. The van der Waals surface area contributed by atoms with Gasteiger partial charge in [-0.1, -0.05) is 12.8 Å². The van der Waals surface area contributed by atoms with Crippen molar-refractivity contribution < 1.29 is 13.2 Å². The highest BCUT2D eigenvalue weighted by atomic mass is 32.2. The average molecular weight is 442 g/mol. The zero-order valence-corrected chi connectivity index (χ0v) is 18.1. The maximum absolute atomic E-state index is 13.4. The number of carbonyl (C=O) groups excluding carboxylic acids is 1. The van der Waals surface area contributed by atoms with E-state index in [-0.39, 0.29) is 23.1 Å². The number of rotatable bonds is 6. The number of nitrogen functional groups attached to an aromatic ring is 1. The van der Waals surface area contributed by atoms with Crippen LogP contribution in [-0.4, -0.2) is 35.7 Å². The van der Waals surface area contributed by atoms with Gasteiger partial charge < -0.3 is 16.4 Å². The van der Waals surface area contributed by atoms with Gasteiger partial charge in [0.05, 0.1) is 10.9 Å². The van der Waals surface area contributed by atoms with Gasteiger partial charge in [-0.2, -0.15) is 0 Å². The van der Waals surface area contributed by atoms with E-state index in [1.807, 2.05) is 12.1 Å². The Hall–Kier alpha value is -2.68. The van der Waals surface area contributed by atoms with E-state index in [4.69, 9.17) is 10.7 Å². The molecule has 3 aliphatic carbocycles. The van der Waals surface area contributed by atoms with Gasteiger partial charge in [-0.25, -0.2) is 23.2 Å². The summed E-state index contributed by atoms with van der Waals surface area (Å²) < 4.78 is 25.8. The molecule has 3 fully saturated rings. The summed E-state index contributed by atoms with van der Waals surface area (Å²) in [6.45, 7) is 0. The highest BCUT2D eigenvalue weighted by Gasteiger charge is 2.55. The Bertz CT molecular complexity index is 1100. The minimum atomic E-state index is -3.32. The topological polar surface area (TPSA) is 127 Å². The number of amides is 2. The first-order valence-corrected chi connectivity index (χ1v) is 12.5. The van der Waals surface area contributed by atoms with Gasteiger partial charge in [0.15, 0.2) is 15.7 Å². The first-order valence-electron chi connectivity index (χ1n) is 10.9. The number of sulfone groups is 1. The van der Waals surface area contributed by atoms with E-state index in [0.29, 0.717) is 30.0 Å². The van der Waals surface area contributed by atoms with Crippen molar-refractivity contribution in [3.05, 3.63) is 36.0 Å². The number of nitrogens with zero attached hydrogens (tertiary/aromatic N) is 2. The van der Waals surface area contributed by atoms with Crippen LogP contribution in [0.4, 0.5) is 16.3 Å². The number of urea groups is 1. The molecule has 0 unspecified atom stereocenters. The molecule has 0 atom stereocenters. The van der Waals surface area contributed by atoms with Crippen LogP contribution in [0.25, 0.3) is 11.4 Å². The van der Waals surface area contributed by atoms with Crippen LogP contribution in [0.5, 0.6) is 0 Å². The molecule has 9 heteroatoms. The number of nitrogens with one attached hydrogen (secondary N) is 2. The van der Waals surface area contributed by atoms with Crippen LogP contribution in [0.15, 0.2) is 30.3 Å². The van der Waals surface area contributed by atoms with Crippen molar-refractivity contribution in [2.24, 2.45) is 0 Å². The number of carbonyl (C=O) groups is 1. The van der Waals surface area contributed by atoms with Crippen LogP contribution in [0.1, 0.15) is 57.1 Å². The van der Waals surface area contributed by atoms with Crippen LogP contribution in [-0.2, 0) is 14.6 Å². The molecule has 164 valence electrons. The minimum Gasteiger partial charge on any atom is -0.384 e. The summed E-state index contributed by atoms with van der Waals surface area (Å²) in [5.74, 6) is 0.671. The summed E-state index contributed by atoms with van der Waals surface area (Å²) in [5, 5.41) is 5.44. The molecule has 4 N–H and O–H groups in total. The molecular formula is C22H27N5O3S. The van der Waals surface area contributed by atoms with E-state index in [1.54, 1.807) is 18.2 Å². The second kappa shape index (κ2) is 7.47. The molecule has 1 aromatic heterocycles. The van der Waals surface area contributed by atoms with E-state index in [1.165, 1.54) is 0 Å². The third-order valence-electron chi connectivity index (χ3n) is 6.45. The fraction of sp³-hybridized carbons (Fsp3) is 0.500. The van der Waals surface area contributed by atoms with E-state index in [2.05, 4.69) is 15.6 Å². The normalized spacial score (nSPS) is 20.4. The summed E-state index contributed by atoms with van der Waals surface area (Å²) >= 11 is 0. The van der Waals surface area contributed by atoms with Gasteiger partial charge in [0.2, 0.25) is 0 Å². The number of anilines is 2. The van der Waals surface area contributed by atoms with Crippen LogP contribution >= 0.6 is 0 Å². The summed E-state index contributed by atoms with van der Waals surface area (Å²) in [5.41, 5.74) is 8.00. The Morgan fingerprint density at radius 2 is 1.71 bits per heavy atom. The molecule has 0 aliphatic heterocycles. The molecule has 3 saturated carbocycles. The fourth-order valence-electron chi connectivity index (χ4n) is 4.44. The molecule has 8 nitrogen and oxygen atoms in total. The number of aromatic nitrogens is 2. The highest BCUT2D eigenvalue weighted by Crippen LogP contribution is 2.51. The Morgan fingerprint density at radius 1 is 1.03 bits per heavy atom. The minimum absolute atomic E-state index is 0.216. The van der Waals surface area contributed by atoms with E-state index in [0.717, 1.165) is 44.1 Å². The first-order chi connectivity index (χ1) is 14.9. The molecule has 2 aromatic rings. The van der Waals surface area contributed by atoms with Crippen molar-refractivity contribution in [1.29, 1.82) is 0 Å². The molecule has 0 bridgehead atoms. The molecule has 31 heavy (non-hydrogen) atoms. The fourth-order valence-corrected chi connectivity index (χ4v) is 7.09. The molecule has 1 aromatic carbocycles. The van der Waals surface area contributed by atoms with Gasteiger partial charge in [0.25, 0.3) is 0 Å². The van der Waals surface area contributed by atoms with Gasteiger partial charge in [-0.3, -0.25) is 0 Å². The molecule has 0 saturated heterocycles. The maximum atomic E-state index is 13.4. The van der Waals surface area contributed by atoms with Crippen LogP contribution in [0, 0.1) is 0 Å². The quantitative estimate of drug-likeness (QED) is 0.631. The maximum Gasteiger partial charge on any atom is 0.319 e. The van der Waals surface area contributed by atoms with Crippen molar-refractivity contribution in [2.75, 3.05) is 11.1 Å². The number of benzene rings is 1. The van der Waals surface area contributed by atoms with E-state index >= 15 is 0 Å². The van der Waals surface area contributed by atoms with Crippen LogP contribution in [0.3, 0.4) is 0 Å². The Balaban J connectivity index is 1.43. The SMILES string of the molecule is Nc1cc(C2(S(=O)(=O)C3CC3)CCCC2)nc(-c2ccc(NC(=O)NC3CC3)cc2)n1. The zero-order chi connectivity index (χ0) is 21.6. The molecule has 0 spiro atoms. The lowest BCUT2D eigenvalue weighted by molar-refractivity contribution is 0.251. The molecule has 3 aliphatic rings. The largest absolute Gasteiger partial charge is 0.384 e. The lowest BCUT2D eigenvalue weighted by Gasteiger charge is -2.29. The smallest absolute Gasteiger partial charge is 0.319 e. The summed E-state index contributed by atoms with van der Waals surface area (Å²) in [7, 11) is -3.32. The Morgan fingerprint density at radius 3 is 2.32 bits per heavy atom. The third kappa shape index (κ3) is 3.86. The van der Waals surface area contributed by atoms with Crippen molar-refractivity contribution in [1.82, 2.24) is 15.3 Å². The standard InChI is InChI=1S/C22H27N5O3S/c23-19-13-18(22(11-1-2-12-22)31(29,30)17-9-10-17)26-20(27-19)14-3-5-15(6-4-14)24-21(28)25-16-7-8-16/h3-6,13,16-17H,1-2,7-12H2,(H2,23,26,27)(H2,24,25,28). The second-order valence-electron chi connectivity index (χ2n) is 8.90. The molecule has 5 rings (SSSR count). The second-order valence-corrected chi connectivity index (χ2v) is 11.4. The number of nitrogens with two attached hydrogens (primary N) is 1. The summed E-state index contributed by atoms with van der Waals surface area (Å²) in [6, 6.07) is 8.87. The lowest BCUT2D eigenvalue weighted by atomic mass is 10.0. The van der Waals surface area contributed by atoms with Crippen molar-refractivity contribution in [3.8, 4) is 11.4 Å². The highest BCUT2D eigenvalue weighted by molar-refractivity contribution is 7.93. The summed E-state index contributed by atoms with van der Waals surface area (Å²) in [4.78, 5) is 21.0. The van der Waals surface area contributed by atoms with Gasteiger partial charge in [0, 0.05) is 23.4 Å². The molecular weight excluding hydrogens is 414 g/mol.